The third kappa shape index (κ3) is 5.01. The zero-order valence-electron chi connectivity index (χ0n) is 11.9. The van der Waals surface area contributed by atoms with E-state index in [1.807, 2.05) is 6.92 Å². The molecule has 18 heavy (non-hydrogen) atoms. The van der Waals surface area contributed by atoms with Crippen LogP contribution in [0.2, 0.25) is 0 Å². The Hall–Kier alpha value is -0.510. The molecule has 2 nitrogen and oxygen atoms in total. The van der Waals surface area contributed by atoms with Gasteiger partial charge in [-0.15, -0.1) is 11.8 Å². The number of aliphatic hydroxyl groups excluding tert-OH is 1. The Morgan fingerprint density at radius 2 is 2.06 bits per heavy atom. The van der Waals surface area contributed by atoms with Crippen LogP contribution < -0.4 is 5.32 Å². The molecule has 0 amide bonds. The van der Waals surface area contributed by atoms with E-state index in [0.717, 1.165) is 19.5 Å². The Morgan fingerprint density at radius 3 is 2.67 bits per heavy atom. The van der Waals surface area contributed by atoms with E-state index in [4.69, 9.17) is 0 Å². The van der Waals surface area contributed by atoms with E-state index >= 15 is 0 Å². The monoisotopic (exact) mass is 267 g/mol. The topological polar surface area (TPSA) is 32.3 Å². The summed E-state index contributed by atoms with van der Waals surface area (Å²) in [5.41, 5.74) is 2.62. The molecule has 102 valence electrons. The highest BCUT2D eigenvalue weighted by atomic mass is 32.2. The molecule has 1 aromatic carbocycles. The molecule has 3 heteroatoms. The van der Waals surface area contributed by atoms with Gasteiger partial charge in [0.1, 0.15) is 0 Å². The fourth-order valence-electron chi connectivity index (χ4n) is 1.66. The molecule has 0 saturated carbocycles. The first-order valence-corrected chi connectivity index (χ1v) is 7.57. The molecule has 0 heterocycles. The summed E-state index contributed by atoms with van der Waals surface area (Å²) >= 11 is 1.76. The minimum Gasteiger partial charge on any atom is -0.392 e. The van der Waals surface area contributed by atoms with E-state index in [0.29, 0.717) is 0 Å². The quantitative estimate of drug-likeness (QED) is 0.587. The van der Waals surface area contributed by atoms with E-state index in [-0.39, 0.29) is 11.4 Å². The van der Waals surface area contributed by atoms with Gasteiger partial charge in [0.15, 0.2) is 0 Å². The standard InChI is InChI=1S/C15H25NOS/c1-5-8-16-10-14-9-11(2)6-7-15(14)18-13(4)12(3)17/h6-7,9,12-13,16-17H,5,8,10H2,1-4H3. The van der Waals surface area contributed by atoms with Crippen LogP contribution in [-0.2, 0) is 6.54 Å². The van der Waals surface area contributed by atoms with Crippen molar-refractivity contribution >= 4 is 11.8 Å². The van der Waals surface area contributed by atoms with Crippen LogP contribution in [0.1, 0.15) is 38.3 Å². The van der Waals surface area contributed by atoms with Crippen LogP contribution in [0.4, 0.5) is 0 Å². The summed E-state index contributed by atoms with van der Waals surface area (Å²) in [5.74, 6) is 0. The van der Waals surface area contributed by atoms with Crippen molar-refractivity contribution in [2.45, 2.75) is 56.9 Å². The lowest BCUT2D eigenvalue weighted by molar-refractivity contribution is 0.196. The average molecular weight is 267 g/mol. The normalized spacial score (nSPS) is 14.5. The van der Waals surface area contributed by atoms with Gasteiger partial charge < -0.3 is 10.4 Å². The van der Waals surface area contributed by atoms with E-state index < -0.39 is 0 Å². The van der Waals surface area contributed by atoms with Gasteiger partial charge in [0.2, 0.25) is 0 Å². The molecule has 1 rings (SSSR count). The third-order valence-electron chi connectivity index (χ3n) is 2.95. The van der Waals surface area contributed by atoms with Crippen molar-refractivity contribution < 1.29 is 5.11 Å². The molecule has 0 saturated heterocycles. The molecule has 0 fully saturated rings. The number of hydrogen-bond donors (Lipinski definition) is 2. The van der Waals surface area contributed by atoms with Crippen molar-refractivity contribution in [1.82, 2.24) is 5.32 Å². The number of nitrogens with one attached hydrogen (secondary N) is 1. The molecule has 0 aliphatic rings. The summed E-state index contributed by atoms with van der Waals surface area (Å²) in [5, 5.41) is 13.3. The molecule has 2 N–H and O–H groups in total. The number of rotatable bonds is 7. The number of thioether (sulfide) groups is 1. The van der Waals surface area contributed by atoms with E-state index in [1.54, 1.807) is 11.8 Å². The summed E-state index contributed by atoms with van der Waals surface area (Å²) in [6.45, 7) is 10.2. The Morgan fingerprint density at radius 1 is 1.33 bits per heavy atom. The summed E-state index contributed by atoms with van der Waals surface area (Å²) < 4.78 is 0. The molecular formula is C15H25NOS. The fraction of sp³-hybridized carbons (Fsp3) is 0.600. The first-order valence-electron chi connectivity index (χ1n) is 6.69. The zero-order valence-corrected chi connectivity index (χ0v) is 12.7. The van der Waals surface area contributed by atoms with Gasteiger partial charge in [-0.05, 0) is 38.4 Å². The van der Waals surface area contributed by atoms with Gasteiger partial charge in [0, 0.05) is 16.7 Å². The second-order valence-corrected chi connectivity index (χ2v) is 6.27. The maximum Gasteiger partial charge on any atom is 0.0631 e. The van der Waals surface area contributed by atoms with Gasteiger partial charge in [0.25, 0.3) is 0 Å². The van der Waals surface area contributed by atoms with Crippen molar-refractivity contribution in [3.8, 4) is 0 Å². The minimum absolute atomic E-state index is 0.220. The van der Waals surface area contributed by atoms with Crippen molar-refractivity contribution in [2.24, 2.45) is 0 Å². The van der Waals surface area contributed by atoms with Crippen LogP contribution in [0, 0.1) is 6.92 Å². The molecule has 1 aromatic rings. The van der Waals surface area contributed by atoms with Gasteiger partial charge in [-0.25, -0.2) is 0 Å². The third-order valence-corrected chi connectivity index (χ3v) is 4.37. The second kappa shape index (κ2) is 7.82. The second-order valence-electron chi connectivity index (χ2n) is 4.85. The van der Waals surface area contributed by atoms with Gasteiger partial charge in [-0.2, -0.15) is 0 Å². The highest BCUT2D eigenvalue weighted by molar-refractivity contribution is 8.00. The lowest BCUT2D eigenvalue weighted by Crippen LogP contribution is -2.17. The number of benzene rings is 1. The Bertz CT molecular complexity index is 366. The van der Waals surface area contributed by atoms with Crippen LogP contribution in [0.15, 0.2) is 23.1 Å². The number of hydrogen-bond acceptors (Lipinski definition) is 3. The minimum atomic E-state index is -0.284. The van der Waals surface area contributed by atoms with Crippen LogP contribution in [-0.4, -0.2) is 23.0 Å². The van der Waals surface area contributed by atoms with Gasteiger partial charge in [-0.3, -0.25) is 0 Å². The zero-order chi connectivity index (χ0) is 13.5. The molecule has 0 bridgehead atoms. The molecule has 0 aliphatic heterocycles. The molecule has 0 radical (unpaired) electrons. The first kappa shape index (κ1) is 15.5. The molecule has 2 atom stereocenters. The predicted molar refractivity (Wildman–Crippen MR) is 80.2 cm³/mol. The maximum atomic E-state index is 9.61. The lowest BCUT2D eigenvalue weighted by Gasteiger charge is -2.17. The molecular weight excluding hydrogens is 242 g/mol. The van der Waals surface area contributed by atoms with Crippen molar-refractivity contribution in [3.05, 3.63) is 29.3 Å². The smallest absolute Gasteiger partial charge is 0.0631 e. The predicted octanol–water partition coefficient (Wildman–Crippen LogP) is 3.36. The SMILES string of the molecule is CCCNCc1cc(C)ccc1SC(C)C(C)O. The molecule has 0 spiro atoms. The van der Waals surface area contributed by atoms with Crippen LogP contribution in [0.25, 0.3) is 0 Å². The summed E-state index contributed by atoms with van der Waals surface area (Å²) in [6, 6.07) is 6.54. The number of aryl methyl sites for hydroxylation is 1. The van der Waals surface area contributed by atoms with Crippen molar-refractivity contribution in [3.63, 3.8) is 0 Å². The summed E-state index contributed by atoms with van der Waals surface area (Å²) in [7, 11) is 0. The highest BCUT2D eigenvalue weighted by Gasteiger charge is 2.12. The van der Waals surface area contributed by atoms with Crippen LogP contribution in [0.3, 0.4) is 0 Å². The molecule has 0 aromatic heterocycles. The van der Waals surface area contributed by atoms with Gasteiger partial charge in [0.05, 0.1) is 6.10 Å². The van der Waals surface area contributed by atoms with Crippen molar-refractivity contribution in [2.75, 3.05) is 6.54 Å². The average Bonchev–Trinajstić information content (AvgIpc) is 2.32. The highest BCUT2D eigenvalue weighted by Crippen LogP contribution is 2.29. The maximum absolute atomic E-state index is 9.61. The Balaban J connectivity index is 2.75. The van der Waals surface area contributed by atoms with E-state index in [1.165, 1.54) is 16.0 Å². The lowest BCUT2D eigenvalue weighted by atomic mass is 10.1. The van der Waals surface area contributed by atoms with E-state index in [9.17, 15) is 5.11 Å². The largest absolute Gasteiger partial charge is 0.392 e. The first-order chi connectivity index (χ1) is 8.54. The van der Waals surface area contributed by atoms with Gasteiger partial charge >= 0.3 is 0 Å². The summed E-state index contributed by atoms with van der Waals surface area (Å²) in [4.78, 5) is 1.28. The Kier molecular flexibility index (Phi) is 6.76. The molecule has 2 unspecified atom stereocenters. The van der Waals surface area contributed by atoms with Gasteiger partial charge in [-0.1, -0.05) is 31.5 Å². The van der Waals surface area contributed by atoms with E-state index in [2.05, 4.69) is 44.3 Å². The summed E-state index contributed by atoms with van der Waals surface area (Å²) in [6.07, 6.45) is 0.867. The number of aliphatic hydroxyl groups is 1. The molecule has 0 aliphatic carbocycles. The van der Waals surface area contributed by atoms with Crippen LogP contribution in [0.5, 0.6) is 0 Å². The van der Waals surface area contributed by atoms with Crippen LogP contribution >= 0.6 is 11.8 Å². The fourth-order valence-corrected chi connectivity index (χ4v) is 2.69. The Labute approximate surface area is 115 Å². The van der Waals surface area contributed by atoms with Crippen molar-refractivity contribution in [1.29, 1.82) is 0 Å².